The van der Waals surface area contributed by atoms with Crippen molar-refractivity contribution in [3.63, 3.8) is 0 Å². The van der Waals surface area contributed by atoms with E-state index in [1.165, 1.54) is 38.1 Å². The predicted molar refractivity (Wildman–Crippen MR) is 106 cm³/mol. The van der Waals surface area contributed by atoms with Gasteiger partial charge in [0.05, 0.1) is 4.92 Å². The van der Waals surface area contributed by atoms with Gasteiger partial charge in [0.25, 0.3) is 11.6 Å². The number of carbonyl (C=O) groups is 2. The molecule has 0 spiro atoms. The normalized spacial score (nSPS) is 14.6. The number of carbonyl (C=O) groups excluding carboxylic acids is 2. The molecule has 0 aromatic heterocycles. The number of nitrogens with zero attached hydrogens (tertiary/aromatic N) is 1. The third-order valence-electron chi connectivity index (χ3n) is 3.64. The van der Waals surface area contributed by atoms with Crippen LogP contribution in [0.1, 0.15) is 13.8 Å². The fraction of sp³-hybridized carbons (Fsp3) is 0.222. The van der Waals surface area contributed by atoms with Gasteiger partial charge in [-0.2, -0.15) is 5.09 Å². The van der Waals surface area contributed by atoms with Gasteiger partial charge in [-0.05, 0) is 38.1 Å². The van der Waals surface area contributed by atoms with Crippen molar-refractivity contribution in [1.82, 2.24) is 5.09 Å². The molecule has 0 fully saturated rings. The molecule has 3 atom stereocenters. The van der Waals surface area contributed by atoms with Crippen molar-refractivity contribution < 1.29 is 32.9 Å². The number of nitrogens with one attached hydrogen (secondary N) is 1. The molecule has 0 saturated carbocycles. The van der Waals surface area contributed by atoms with Gasteiger partial charge in [0.2, 0.25) is 0 Å². The largest absolute Gasteiger partial charge is 0.513 e. The zero-order valence-electron chi connectivity index (χ0n) is 16.1. The molecule has 30 heavy (non-hydrogen) atoms. The molecule has 2 rings (SSSR count). The Kier molecular flexibility index (Phi) is 7.51. The van der Waals surface area contributed by atoms with Crippen LogP contribution in [-0.2, 0) is 18.9 Å². The van der Waals surface area contributed by atoms with Crippen LogP contribution in [0.5, 0.6) is 11.5 Å². The Bertz CT molecular complexity index is 952. The number of esters is 1. The van der Waals surface area contributed by atoms with Crippen LogP contribution in [0.15, 0.2) is 54.6 Å². The monoisotopic (exact) mass is 437 g/mol. The highest BCUT2D eigenvalue weighted by molar-refractivity contribution is 7.52. The SMILES string of the molecule is CC(OC(=O)[C@H](C)NP(=O)(Oc1ccccc1)Oc1ccc([N+](=O)[O-])cc1)C(N)=O. The maximum Gasteiger partial charge on any atom is 0.513 e. The first-order valence-corrected chi connectivity index (χ1v) is 10.2. The minimum absolute atomic E-state index is 0.00145. The van der Waals surface area contributed by atoms with Crippen LogP contribution in [0.2, 0.25) is 0 Å². The zero-order valence-corrected chi connectivity index (χ0v) is 17.0. The molecule has 11 nitrogen and oxygen atoms in total. The Morgan fingerprint density at radius 1 is 1.03 bits per heavy atom. The van der Waals surface area contributed by atoms with Crippen LogP contribution in [0, 0.1) is 10.1 Å². The summed E-state index contributed by atoms with van der Waals surface area (Å²) in [7, 11) is -4.22. The highest BCUT2D eigenvalue weighted by atomic mass is 31.2. The van der Waals surface area contributed by atoms with Crippen molar-refractivity contribution >= 4 is 25.3 Å². The van der Waals surface area contributed by atoms with Crippen LogP contribution in [0.4, 0.5) is 5.69 Å². The molecule has 0 aliphatic rings. The first kappa shape index (κ1) is 22.9. The lowest BCUT2D eigenvalue weighted by atomic mass is 10.3. The number of rotatable bonds is 10. The van der Waals surface area contributed by atoms with Crippen molar-refractivity contribution in [3.05, 3.63) is 64.7 Å². The number of non-ortho nitro benzene ring substituents is 1. The van der Waals surface area contributed by atoms with Crippen LogP contribution in [0.3, 0.4) is 0 Å². The van der Waals surface area contributed by atoms with Gasteiger partial charge < -0.3 is 19.5 Å². The van der Waals surface area contributed by atoms with Crippen molar-refractivity contribution in [2.45, 2.75) is 26.0 Å². The standard InChI is InChI=1S/C18H20N3O8P/c1-12(18(23)27-13(2)17(19)22)20-30(26,28-15-6-4-3-5-7-15)29-16-10-8-14(9-11-16)21(24)25/h3-13H,1-2H3,(H2,19,22)(H,20,26)/t12-,13?,30?/m0/s1. The summed E-state index contributed by atoms with van der Waals surface area (Å²) in [4.78, 5) is 33.4. The summed E-state index contributed by atoms with van der Waals surface area (Å²) in [5.74, 6) is -1.58. The molecule has 0 heterocycles. The van der Waals surface area contributed by atoms with Crippen LogP contribution in [-0.4, -0.2) is 28.9 Å². The second-order valence-electron chi connectivity index (χ2n) is 6.08. The molecule has 0 bridgehead atoms. The lowest BCUT2D eigenvalue weighted by Crippen LogP contribution is -2.40. The van der Waals surface area contributed by atoms with E-state index < -0.39 is 36.7 Å². The molecule has 2 unspecified atom stereocenters. The molecule has 2 aromatic rings. The number of para-hydroxylation sites is 1. The summed E-state index contributed by atoms with van der Waals surface area (Å²) in [6.45, 7) is 2.62. The molecule has 160 valence electrons. The number of nitrogens with two attached hydrogens (primary N) is 1. The molecule has 0 saturated heterocycles. The third-order valence-corrected chi connectivity index (χ3v) is 5.25. The van der Waals surface area contributed by atoms with Crippen LogP contribution < -0.4 is 19.9 Å². The van der Waals surface area contributed by atoms with Crippen molar-refractivity contribution in [2.24, 2.45) is 5.73 Å². The number of hydrogen-bond donors (Lipinski definition) is 2. The fourth-order valence-corrected chi connectivity index (χ4v) is 3.60. The predicted octanol–water partition coefficient (Wildman–Crippen LogP) is 2.56. The molecule has 0 radical (unpaired) electrons. The van der Waals surface area contributed by atoms with Gasteiger partial charge in [0.1, 0.15) is 17.5 Å². The Hall–Kier alpha value is -3.43. The number of hydrogen-bond acceptors (Lipinski definition) is 8. The summed E-state index contributed by atoms with van der Waals surface area (Å²) in [5.41, 5.74) is 4.87. The Morgan fingerprint density at radius 2 is 1.57 bits per heavy atom. The topological polar surface area (TPSA) is 160 Å². The minimum atomic E-state index is -4.22. The zero-order chi connectivity index (χ0) is 22.3. The highest BCUT2D eigenvalue weighted by Crippen LogP contribution is 2.45. The quantitative estimate of drug-likeness (QED) is 0.246. The number of primary amides is 1. The van der Waals surface area contributed by atoms with Crippen LogP contribution in [0.25, 0.3) is 0 Å². The van der Waals surface area contributed by atoms with E-state index in [2.05, 4.69) is 5.09 Å². The highest BCUT2D eigenvalue weighted by Gasteiger charge is 2.34. The lowest BCUT2D eigenvalue weighted by molar-refractivity contribution is -0.384. The number of nitro benzene ring substituents is 1. The molecular weight excluding hydrogens is 417 g/mol. The van der Waals surface area contributed by atoms with E-state index in [9.17, 15) is 24.3 Å². The van der Waals surface area contributed by atoms with E-state index in [0.29, 0.717) is 0 Å². The number of amides is 1. The minimum Gasteiger partial charge on any atom is -0.451 e. The maximum atomic E-state index is 13.3. The van der Waals surface area contributed by atoms with Gasteiger partial charge in [-0.15, -0.1) is 0 Å². The number of nitro groups is 1. The smallest absolute Gasteiger partial charge is 0.451 e. The fourth-order valence-electron chi connectivity index (χ4n) is 2.08. The lowest BCUT2D eigenvalue weighted by Gasteiger charge is -2.23. The Labute approximate surface area is 171 Å². The van der Waals surface area contributed by atoms with E-state index in [1.54, 1.807) is 18.2 Å². The maximum absolute atomic E-state index is 13.3. The Morgan fingerprint density at radius 3 is 2.07 bits per heavy atom. The van der Waals surface area contributed by atoms with Gasteiger partial charge in [-0.25, -0.2) is 4.57 Å². The molecular formula is C18H20N3O8P. The molecule has 3 N–H and O–H groups in total. The van der Waals surface area contributed by atoms with E-state index in [-0.39, 0.29) is 17.2 Å². The van der Waals surface area contributed by atoms with Gasteiger partial charge in [0, 0.05) is 12.1 Å². The molecule has 0 aliphatic heterocycles. The third kappa shape index (κ3) is 6.57. The number of ether oxygens (including phenoxy) is 1. The van der Waals surface area contributed by atoms with Crippen molar-refractivity contribution in [3.8, 4) is 11.5 Å². The van der Waals surface area contributed by atoms with Gasteiger partial charge in [-0.1, -0.05) is 18.2 Å². The Balaban J connectivity index is 2.22. The van der Waals surface area contributed by atoms with Crippen molar-refractivity contribution in [2.75, 3.05) is 0 Å². The second-order valence-corrected chi connectivity index (χ2v) is 7.69. The molecule has 1 amide bonds. The first-order valence-electron chi connectivity index (χ1n) is 8.66. The summed E-state index contributed by atoms with van der Waals surface area (Å²) in [5, 5.41) is 13.2. The molecule has 2 aromatic carbocycles. The summed E-state index contributed by atoms with van der Waals surface area (Å²) in [6.07, 6.45) is -1.19. The average molecular weight is 437 g/mol. The van der Waals surface area contributed by atoms with E-state index in [1.807, 2.05) is 0 Å². The summed E-state index contributed by atoms with van der Waals surface area (Å²) in [6, 6.07) is 11.6. The van der Waals surface area contributed by atoms with E-state index >= 15 is 0 Å². The first-order chi connectivity index (χ1) is 14.1. The summed E-state index contributed by atoms with van der Waals surface area (Å²) >= 11 is 0. The van der Waals surface area contributed by atoms with Crippen LogP contribution >= 0.6 is 7.75 Å². The van der Waals surface area contributed by atoms with Gasteiger partial charge in [0.15, 0.2) is 6.10 Å². The van der Waals surface area contributed by atoms with Gasteiger partial charge in [-0.3, -0.25) is 19.7 Å². The molecule has 12 heteroatoms. The average Bonchev–Trinajstić information content (AvgIpc) is 2.68. The second kappa shape index (κ2) is 9.86. The molecule has 0 aliphatic carbocycles. The van der Waals surface area contributed by atoms with Crippen molar-refractivity contribution in [1.29, 1.82) is 0 Å². The van der Waals surface area contributed by atoms with E-state index in [0.717, 1.165) is 12.1 Å². The van der Waals surface area contributed by atoms with Gasteiger partial charge >= 0.3 is 13.7 Å². The van der Waals surface area contributed by atoms with E-state index in [4.69, 9.17) is 19.5 Å². The summed E-state index contributed by atoms with van der Waals surface area (Å²) < 4.78 is 29.1. The number of benzene rings is 2.